The van der Waals surface area contributed by atoms with Crippen molar-refractivity contribution in [1.82, 2.24) is 25.1 Å². The van der Waals surface area contributed by atoms with Crippen molar-refractivity contribution in [3.05, 3.63) is 11.8 Å². The summed E-state index contributed by atoms with van der Waals surface area (Å²) >= 11 is 0. The number of amides is 4. The number of likely N-dealkylation sites (N-methyl/N-ethyl adjacent to an activating group) is 1. The maximum Gasteiger partial charge on any atom is 0.327 e. The fraction of sp³-hybridized carbons (Fsp3) is 0.588. The van der Waals surface area contributed by atoms with Gasteiger partial charge in [0.25, 0.3) is 5.91 Å². The molecule has 27 heavy (non-hydrogen) atoms. The molecule has 2 saturated heterocycles. The summed E-state index contributed by atoms with van der Waals surface area (Å²) in [5, 5.41) is 2.84. The van der Waals surface area contributed by atoms with Crippen molar-refractivity contribution in [2.75, 3.05) is 50.4 Å². The van der Waals surface area contributed by atoms with E-state index in [0.29, 0.717) is 6.54 Å². The number of anilines is 2. The summed E-state index contributed by atoms with van der Waals surface area (Å²) < 4.78 is 0. The van der Waals surface area contributed by atoms with Crippen molar-refractivity contribution in [3.63, 3.8) is 0 Å². The first-order chi connectivity index (χ1) is 12.8. The van der Waals surface area contributed by atoms with Gasteiger partial charge < -0.3 is 20.9 Å². The Kier molecular flexibility index (Phi) is 5.43. The van der Waals surface area contributed by atoms with E-state index >= 15 is 0 Å². The molecule has 1 aromatic heterocycles. The van der Waals surface area contributed by atoms with Crippen LogP contribution in [0.5, 0.6) is 0 Å². The number of carbonyl (C=O) groups excluding carboxylic acids is 3. The van der Waals surface area contributed by atoms with Crippen LogP contribution < -0.4 is 16.0 Å². The predicted octanol–water partition coefficient (Wildman–Crippen LogP) is -0.406. The molecule has 0 radical (unpaired) electrons. The molecule has 1 aromatic rings. The van der Waals surface area contributed by atoms with Crippen molar-refractivity contribution < 1.29 is 14.4 Å². The van der Waals surface area contributed by atoms with Gasteiger partial charge in [-0.25, -0.2) is 9.78 Å². The molecule has 0 spiro atoms. The summed E-state index contributed by atoms with van der Waals surface area (Å²) in [4.78, 5) is 48.5. The smallest absolute Gasteiger partial charge is 0.327 e. The second kappa shape index (κ2) is 7.77. The number of nitrogens with zero attached hydrogens (tertiary/aromatic N) is 5. The van der Waals surface area contributed by atoms with E-state index in [1.807, 2.05) is 13.0 Å². The van der Waals surface area contributed by atoms with Crippen LogP contribution >= 0.6 is 0 Å². The van der Waals surface area contributed by atoms with Gasteiger partial charge in [-0.1, -0.05) is 0 Å². The Hall–Kier alpha value is -2.91. The maximum atomic E-state index is 12.2. The zero-order valence-corrected chi connectivity index (χ0v) is 15.6. The third kappa shape index (κ3) is 4.44. The van der Waals surface area contributed by atoms with Gasteiger partial charge in [0.1, 0.15) is 18.9 Å². The number of piperidine rings is 1. The van der Waals surface area contributed by atoms with Crippen LogP contribution in [-0.4, -0.2) is 77.4 Å². The number of carbonyl (C=O) groups is 3. The molecule has 2 aliphatic rings. The molecule has 2 aliphatic heterocycles. The molecule has 146 valence electrons. The number of nitrogen functional groups attached to an aromatic ring is 1. The Labute approximate surface area is 157 Å². The fourth-order valence-electron chi connectivity index (χ4n) is 3.46. The highest BCUT2D eigenvalue weighted by Crippen LogP contribution is 2.22. The van der Waals surface area contributed by atoms with Crippen molar-refractivity contribution >= 4 is 29.6 Å². The Bertz CT molecular complexity index is 734. The van der Waals surface area contributed by atoms with E-state index in [4.69, 9.17) is 5.73 Å². The lowest BCUT2D eigenvalue weighted by molar-refractivity contribution is -0.130. The largest absolute Gasteiger partial charge is 0.368 e. The highest BCUT2D eigenvalue weighted by molar-refractivity contribution is 6.04. The number of nitrogens with one attached hydrogen (secondary N) is 1. The van der Waals surface area contributed by atoms with Crippen molar-refractivity contribution in [1.29, 1.82) is 0 Å². The monoisotopic (exact) mass is 375 g/mol. The minimum absolute atomic E-state index is 0.0190. The van der Waals surface area contributed by atoms with Gasteiger partial charge in [0.15, 0.2) is 0 Å². The molecule has 3 heterocycles. The Morgan fingerprint density at radius 3 is 2.81 bits per heavy atom. The van der Waals surface area contributed by atoms with Crippen molar-refractivity contribution in [2.45, 2.75) is 19.8 Å². The summed E-state index contributed by atoms with van der Waals surface area (Å²) in [5.41, 5.74) is 6.56. The van der Waals surface area contributed by atoms with Crippen LogP contribution in [0.1, 0.15) is 18.5 Å². The van der Waals surface area contributed by atoms with Gasteiger partial charge in [0, 0.05) is 38.4 Å². The van der Waals surface area contributed by atoms with Gasteiger partial charge in [-0.3, -0.25) is 14.5 Å². The molecule has 0 aliphatic carbocycles. The first-order valence-electron chi connectivity index (χ1n) is 9.01. The lowest BCUT2D eigenvalue weighted by Gasteiger charge is -2.33. The molecule has 0 saturated carbocycles. The number of aromatic nitrogens is 2. The number of urea groups is 1. The van der Waals surface area contributed by atoms with Crippen LogP contribution in [0.2, 0.25) is 0 Å². The Morgan fingerprint density at radius 1 is 1.37 bits per heavy atom. The maximum absolute atomic E-state index is 12.2. The zero-order valence-electron chi connectivity index (χ0n) is 15.6. The third-order valence-corrected chi connectivity index (χ3v) is 4.82. The minimum Gasteiger partial charge on any atom is -0.368 e. The van der Waals surface area contributed by atoms with Crippen molar-refractivity contribution in [3.8, 4) is 0 Å². The van der Waals surface area contributed by atoms with Crippen LogP contribution in [0.4, 0.5) is 16.6 Å². The number of aryl methyl sites for hydroxylation is 1. The van der Waals surface area contributed by atoms with E-state index in [9.17, 15) is 14.4 Å². The SMILES string of the molecule is Cc1cc(N2CCCC(CNC(=O)CN3C(=O)CN(C)C3=O)C2)nc(N)n1. The normalized spacial score (nSPS) is 20.4. The number of hydrogen-bond donors (Lipinski definition) is 2. The zero-order chi connectivity index (χ0) is 19.6. The standard InChI is InChI=1S/C17H25N7O3/c1-11-6-13(21-16(18)20-11)23-5-3-4-12(8-23)7-19-14(25)9-24-15(26)10-22(2)17(24)27/h6,12H,3-5,7-10H2,1-2H3,(H,19,25)(H2,18,20,21). The van der Waals surface area contributed by atoms with Crippen LogP contribution in [0, 0.1) is 12.8 Å². The van der Waals surface area contributed by atoms with E-state index < -0.39 is 6.03 Å². The Balaban J connectivity index is 1.51. The minimum atomic E-state index is -0.435. The first kappa shape index (κ1) is 18.9. The van der Waals surface area contributed by atoms with Gasteiger partial charge in [-0.2, -0.15) is 4.98 Å². The molecule has 3 N–H and O–H groups in total. The van der Waals surface area contributed by atoms with Gasteiger partial charge in [-0.05, 0) is 25.7 Å². The topological polar surface area (TPSA) is 125 Å². The molecular weight excluding hydrogens is 350 g/mol. The fourth-order valence-corrected chi connectivity index (χ4v) is 3.46. The van der Waals surface area contributed by atoms with Gasteiger partial charge >= 0.3 is 6.03 Å². The summed E-state index contributed by atoms with van der Waals surface area (Å²) in [6.07, 6.45) is 1.97. The second-order valence-electron chi connectivity index (χ2n) is 7.10. The molecule has 1 unspecified atom stereocenters. The number of imide groups is 1. The van der Waals surface area contributed by atoms with E-state index in [-0.39, 0.29) is 36.8 Å². The predicted molar refractivity (Wildman–Crippen MR) is 98.9 cm³/mol. The van der Waals surface area contributed by atoms with Crippen LogP contribution in [-0.2, 0) is 9.59 Å². The number of hydrogen-bond acceptors (Lipinski definition) is 7. The third-order valence-electron chi connectivity index (χ3n) is 4.82. The van der Waals surface area contributed by atoms with Crippen LogP contribution in [0.15, 0.2) is 6.07 Å². The highest BCUT2D eigenvalue weighted by atomic mass is 16.2. The molecule has 2 fully saturated rings. The molecule has 4 amide bonds. The Morgan fingerprint density at radius 2 is 2.15 bits per heavy atom. The van der Waals surface area contributed by atoms with E-state index in [1.54, 1.807) is 0 Å². The molecule has 10 heteroatoms. The molecule has 1 atom stereocenters. The first-order valence-corrected chi connectivity index (χ1v) is 9.01. The second-order valence-corrected chi connectivity index (χ2v) is 7.10. The van der Waals surface area contributed by atoms with Gasteiger partial charge in [-0.15, -0.1) is 0 Å². The summed E-state index contributed by atoms with van der Waals surface area (Å²) in [7, 11) is 1.54. The molecule has 10 nitrogen and oxygen atoms in total. The summed E-state index contributed by atoms with van der Waals surface area (Å²) in [5.74, 6) is 0.633. The lowest BCUT2D eigenvalue weighted by Crippen LogP contribution is -2.45. The van der Waals surface area contributed by atoms with Gasteiger partial charge in [0.2, 0.25) is 11.9 Å². The summed E-state index contributed by atoms with van der Waals surface area (Å²) in [6, 6.07) is 1.47. The van der Waals surface area contributed by atoms with Crippen molar-refractivity contribution in [2.24, 2.45) is 5.92 Å². The number of nitrogens with two attached hydrogens (primary N) is 1. The lowest BCUT2D eigenvalue weighted by atomic mass is 9.98. The molecule has 0 aromatic carbocycles. The summed E-state index contributed by atoms with van der Waals surface area (Å²) in [6.45, 7) is 3.78. The van der Waals surface area contributed by atoms with E-state index in [2.05, 4.69) is 20.2 Å². The molecular formula is C17H25N7O3. The average Bonchev–Trinajstić information content (AvgIpc) is 2.85. The van der Waals surface area contributed by atoms with Gasteiger partial charge in [0.05, 0.1) is 0 Å². The van der Waals surface area contributed by atoms with E-state index in [1.165, 1.54) is 11.9 Å². The molecule has 0 bridgehead atoms. The average molecular weight is 375 g/mol. The van der Waals surface area contributed by atoms with Crippen LogP contribution in [0.3, 0.4) is 0 Å². The van der Waals surface area contributed by atoms with E-state index in [0.717, 1.165) is 42.3 Å². The quantitative estimate of drug-likeness (QED) is 0.671. The highest BCUT2D eigenvalue weighted by Gasteiger charge is 2.34. The number of rotatable bonds is 5. The molecule has 3 rings (SSSR count). The van der Waals surface area contributed by atoms with Crippen LogP contribution in [0.25, 0.3) is 0 Å².